The molecular formula is C12H14O4S. The van der Waals surface area contributed by atoms with Gasteiger partial charge in [-0.25, -0.2) is 8.42 Å². The van der Waals surface area contributed by atoms with Gasteiger partial charge >= 0.3 is 5.97 Å². The Hall–Kier alpha value is -1.36. The molecule has 1 aliphatic carbocycles. The number of aryl methyl sites for hydroxylation is 1. The van der Waals surface area contributed by atoms with Gasteiger partial charge < -0.3 is 5.11 Å². The Balaban J connectivity index is 2.10. The normalized spacial score (nSPS) is 15.8. The molecule has 0 bridgehead atoms. The van der Waals surface area contributed by atoms with Gasteiger partial charge in [-0.15, -0.1) is 0 Å². The second kappa shape index (κ2) is 4.49. The molecule has 1 aliphatic rings. The number of rotatable bonds is 5. The Morgan fingerprint density at radius 1 is 1.24 bits per heavy atom. The van der Waals surface area contributed by atoms with Gasteiger partial charge in [-0.05, 0) is 37.0 Å². The summed E-state index contributed by atoms with van der Waals surface area (Å²) in [7, 11) is -3.13. The van der Waals surface area contributed by atoms with Gasteiger partial charge in [-0.2, -0.15) is 0 Å². The molecule has 0 aliphatic heterocycles. The second-order valence-electron chi connectivity index (χ2n) is 4.28. The summed E-state index contributed by atoms with van der Waals surface area (Å²) in [4.78, 5) is 10.7. The van der Waals surface area contributed by atoms with Crippen molar-refractivity contribution in [3.8, 4) is 0 Å². The Morgan fingerprint density at radius 3 is 2.29 bits per heavy atom. The van der Waals surface area contributed by atoms with Crippen LogP contribution in [0.3, 0.4) is 0 Å². The first-order valence-corrected chi connectivity index (χ1v) is 7.09. The number of carbonyl (C=O) groups is 1. The standard InChI is InChI=1S/C12H14O4S/c13-12(14)8-3-9-1-4-10(5-2-9)17(15,16)11-6-7-11/h1-2,4-5,11H,3,6-8H2,(H,13,14). The predicted octanol–water partition coefficient (Wildman–Crippen LogP) is 1.64. The first-order chi connectivity index (χ1) is 8.00. The molecule has 17 heavy (non-hydrogen) atoms. The van der Waals surface area contributed by atoms with E-state index in [0.29, 0.717) is 11.3 Å². The predicted molar refractivity (Wildman–Crippen MR) is 62.6 cm³/mol. The number of aliphatic carboxylic acids is 1. The van der Waals surface area contributed by atoms with Gasteiger partial charge in [0.25, 0.3) is 0 Å². The maximum atomic E-state index is 11.9. The molecule has 1 N–H and O–H groups in total. The second-order valence-corrected chi connectivity index (χ2v) is 6.51. The average Bonchev–Trinajstić information content (AvgIpc) is 3.11. The summed E-state index contributed by atoms with van der Waals surface area (Å²) in [6, 6.07) is 6.53. The lowest BCUT2D eigenvalue weighted by Gasteiger charge is -2.04. The molecule has 1 aromatic carbocycles. The van der Waals surface area contributed by atoms with E-state index in [4.69, 9.17) is 5.11 Å². The summed E-state index contributed by atoms with van der Waals surface area (Å²) in [5.41, 5.74) is 0.849. The topological polar surface area (TPSA) is 71.4 Å². The van der Waals surface area contributed by atoms with Crippen LogP contribution < -0.4 is 0 Å². The minimum Gasteiger partial charge on any atom is -0.481 e. The molecule has 0 saturated heterocycles. The zero-order chi connectivity index (χ0) is 12.5. The summed E-state index contributed by atoms with van der Waals surface area (Å²) in [6.45, 7) is 0. The SMILES string of the molecule is O=C(O)CCc1ccc(S(=O)(=O)C2CC2)cc1. The fourth-order valence-corrected chi connectivity index (χ4v) is 3.32. The van der Waals surface area contributed by atoms with E-state index in [1.54, 1.807) is 24.3 Å². The highest BCUT2D eigenvalue weighted by Gasteiger charge is 2.36. The first kappa shape index (κ1) is 12.1. The highest BCUT2D eigenvalue weighted by atomic mass is 32.2. The van der Waals surface area contributed by atoms with Crippen molar-refractivity contribution in [2.24, 2.45) is 0 Å². The number of hydrogen-bond acceptors (Lipinski definition) is 3. The molecule has 0 atom stereocenters. The van der Waals surface area contributed by atoms with Gasteiger partial charge in [0.2, 0.25) is 0 Å². The zero-order valence-electron chi connectivity index (χ0n) is 9.30. The van der Waals surface area contributed by atoms with Gasteiger partial charge in [0.15, 0.2) is 9.84 Å². The fourth-order valence-electron chi connectivity index (χ4n) is 1.67. The Bertz CT molecular complexity index is 512. The van der Waals surface area contributed by atoms with Crippen LogP contribution in [0, 0.1) is 0 Å². The highest BCUT2D eigenvalue weighted by Crippen LogP contribution is 2.33. The monoisotopic (exact) mass is 254 g/mol. The maximum absolute atomic E-state index is 11.9. The van der Waals surface area contributed by atoms with Crippen LogP contribution in [0.1, 0.15) is 24.8 Å². The van der Waals surface area contributed by atoms with E-state index in [1.165, 1.54) is 0 Å². The molecule has 4 nitrogen and oxygen atoms in total. The van der Waals surface area contributed by atoms with Crippen molar-refractivity contribution < 1.29 is 18.3 Å². The van der Waals surface area contributed by atoms with Crippen molar-refractivity contribution in [3.05, 3.63) is 29.8 Å². The van der Waals surface area contributed by atoms with Crippen molar-refractivity contribution in [2.45, 2.75) is 35.8 Å². The molecule has 0 unspecified atom stereocenters. The van der Waals surface area contributed by atoms with Crippen molar-refractivity contribution in [1.29, 1.82) is 0 Å². The quantitative estimate of drug-likeness (QED) is 0.867. The van der Waals surface area contributed by atoms with Gasteiger partial charge in [0, 0.05) is 6.42 Å². The third kappa shape index (κ3) is 2.85. The molecule has 1 fully saturated rings. The Kier molecular flexibility index (Phi) is 3.19. The molecule has 2 rings (SSSR count). The Morgan fingerprint density at radius 2 is 1.82 bits per heavy atom. The largest absolute Gasteiger partial charge is 0.481 e. The smallest absolute Gasteiger partial charge is 0.303 e. The lowest BCUT2D eigenvalue weighted by atomic mass is 10.1. The van der Waals surface area contributed by atoms with Crippen LogP contribution >= 0.6 is 0 Å². The fraction of sp³-hybridized carbons (Fsp3) is 0.417. The summed E-state index contributed by atoms with van der Waals surface area (Å²) >= 11 is 0. The number of carboxylic acids is 1. The van der Waals surface area contributed by atoms with E-state index < -0.39 is 15.8 Å². The maximum Gasteiger partial charge on any atom is 0.303 e. The first-order valence-electron chi connectivity index (χ1n) is 5.55. The minimum atomic E-state index is -3.13. The van der Waals surface area contributed by atoms with E-state index in [-0.39, 0.29) is 11.7 Å². The summed E-state index contributed by atoms with van der Waals surface area (Å²) in [6.07, 6.45) is 2.00. The van der Waals surface area contributed by atoms with Crippen LogP contribution in [0.2, 0.25) is 0 Å². The highest BCUT2D eigenvalue weighted by molar-refractivity contribution is 7.92. The lowest BCUT2D eigenvalue weighted by Crippen LogP contribution is -2.07. The molecule has 5 heteroatoms. The lowest BCUT2D eigenvalue weighted by molar-refractivity contribution is -0.136. The van der Waals surface area contributed by atoms with Gasteiger partial charge in [0.05, 0.1) is 10.1 Å². The van der Waals surface area contributed by atoms with Crippen LogP contribution in [0.5, 0.6) is 0 Å². The molecule has 0 radical (unpaired) electrons. The van der Waals surface area contributed by atoms with Gasteiger partial charge in [-0.3, -0.25) is 4.79 Å². The zero-order valence-corrected chi connectivity index (χ0v) is 10.1. The van der Waals surface area contributed by atoms with Crippen molar-refractivity contribution in [3.63, 3.8) is 0 Å². The Labute approximate surface area is 100 Å². The molecule has 0 heterocycles. The number of hydrogen-bond donors (Lipinski definition) is 1. The molecule has 0 amide bonds. The van der Waals surface area contributed by atoms with Crippen LogP contribution in [0.25, 0.3) is 0 Å². The van der Waals surface area contributed by atoms with E-state index in [1.807, 2.05) is 0 Å². The van der Waals surface area contributed by atoms with E-state index >= 15 is 0 Å². The van der Waals surface area contributed by atoms with E-state index in [0.717, 1.165) is 18.4 Å². The molecule has 92 valence electrons. The third-order valence-electron chi connectivity index (χ3n) is 2.84. The average molecular weight is 254 g/mol. The van der Waals surface area contributed by atoms with E-state index in [9.17, 15) is 13.2 Å². The number of carboxylic acid groups (broad SMARTS) is 1. The minimum absolute atomic E-state index is 0.0642. The van der Waals surface area contributed by atoms with Crippen molar-refractivity contribution >= 4 is 15.8 Å². The summed E-state index contributed by atoms with van der Waals surface area (Å²) < 4.78 is 23.8. The summed E-state index contributed by atoms with van der Waals surface area (Å²) in [5, 5.41) is 8.34. The molecule has 0 spiro atoms. The number of sulfone groups is 1. The van der Waals surface area contributed by atoms with Gasteiger partial charge in [-0.1, -0.05) is 12.1 Å². The van der Waals surface area contributed by atoms with Gasteiger partial charge in [0.1, 0.15) is 0 Å². The third-order valence-corrected chi connectivity index (χ3v) is 5.12. The molecule has 1 aromatic rings. The summed E-state index contributed by atoms with van der Waals surface area (Å²) in [5.74, 6) is -0.848. The van der Waals surface area contributed by atoms with Crippen LogP contribution in [-0.2, 0) is 21.1 Å². The van der Waals surface area contributed by atoms with E-state index in [2.05, 4.69) is 0 Å². The van der Waals surface area contributed by atoms with Crippen LogP contribution in [-0.4, -0.2) is 24.7 Å². The number of benzene rings is 1. The van der Waals surface area contributed by atoms with Crippen molar-refractivity contribution in [1.82, 2.24) is 0 Å². The van der Waals surface area contributed by atoms with Crippen LogP contribution in [0.4, 0.5) is 0 Å². The molecular weight excluding hydrogens is 240 g/mol. The van der Waals surface area contributed by atoms with Crippen LogP contribution in [0.15, 0.2) is 29.2 Å². The molecule has 0 aromatic heterocycles. The van der Waals surface area contributed by atoms with Crippen molar-refractivity contribution in [2.75, 3.05) is 0 Å². The molecule has 1 saturated carbocycles.